The molecule has 0 bridgehead atoms. The van der Waals surface area contributed by atoms with Crippen LogP contribution >= 0.6 is 0 Å². The Kier molecular flexibility index (Phi) is 4.87. The number of hydrogen-bond donors (Lipinski definition) is 0. The lowest BCUT2D eigenvalue weighted by Crippen LogP contribution is -2.42. The minimum absolute atomic E-state index is 0.730. The summed E-state index contributed by atoms with van der Waals surface area (Å²) in [6, 6.07) is 16.7. The Morgan fingerprint density at radius 3 is 2.52 bits per heavy atom. The van der Waals surface area contributed by atoms with E-state index in [9.17, 15) is 5.26 Å². The molecule has 0 aliphatic carbocycles. The van der Waals surface area contributed by atoms with E-state index in [0.717, 1.165) is 47.5 Å². The van der Waals surface area contributed by atoms with Crippen LogP contribution in [0.5, 0.6) is 0 Å². The number of aryl methyl sites for hydroxylation is 2. The normalized spacial score (nSPS) is 15.7. The van der Waals surface area contributed by atoms with Crippen LogP contribution in [0.4, 0.5) is 5.69 Å². The Labute approximate surface area is 160 Å². The summed E-state index contributed by atoms with van der Waals surface area (Å²) < 4.78 is 5.95. The fourth-order valence-corrected chi connectivity index (χ4v) is 3.95. The van der Waals surface area contributed by atoms with Crippen molar-refractivity contribution in [2.45, 2.75) is 39.7 Å². The summed E-state index contributed by atoms with van der Waals surface area (Å²) in [5.74, 6) is 2.00. The van der Waals surface area contributed by atoms with Crippen molar-refractivity contribution in [2.24, 2.45) is 0 Å². The van der Waals surface area contributed by atoms with Crippen LogP contribution in [0.2, 0.25) is 0 Å². The van der Waals surface area contributed by atoms with E-state index < -0.39 is 0 Å². The second-order valence-electron chi connectivity index (χ2n) is 7.31. The lowest BCUT2D eigenvalue weighted by atomic mass is 10.0. The quantitative estimate of drug-likeness (QED) is 0.634. The van der Waals surface area contributed by atoms with Gasteiger partial charge in [-0.1, -0.05) is 30.7 Å². The zero-order valence-electron chi connectivity index (χ0n) is 16.0. The highest BCUT2D eigenvalue weighted by Gasteiger charge is 2.22. The molecule has 1 fully saturated rings. The first-order valence-corrected chi connectivity index (χ1v) is 9.67. The highest BCUT2D eigenvalue weighted by Crippen LogP contribution is 2.32. The molecule has 4 heteroatoms. The Bertz CT molecular complexity index is 979. The van der Waals surface area contributed by atoms with Gasteiger partial charge in [-0.05, 0) is 50.5 Å². The Morgan fingerprint density at radius 1 is 1.00 bits per heavy atom. The molecule has 0 unspecified atom stereocenters. The Hall–Kier alpha value is -2.77. The minimum atomic E-state index is 0.730. The van der Waals surface area contributed by atoms with Gasteiger partial charge in [0.15, 0.2) is 0 Å². The maximum atomic E-state index is 9.47. The van der Waals surface area contributed by atoms with Crippen LogP contribution in [-0.2, 0) is 6.54 Å². The van der Waals surface area contributed by atoms with Crippen molar-refractivity contribution in [3.8, 4) is 6.07 Å². The molecule has 0 radical (unpaired) electrons. The summed E-state index contributed by atoms with van der Waals surface area (Å²) in [5, 5.41) is 16.4. The van der Waals surface area contributed by atoms with E-state index in [4.69, 9.17) is 4.42 Å². The van der Waals surface area contributed by atoms with Crippen LogP contribution in [-0.4, -0.2) is 18.1 Å². The summed E-state index contributed by atoms with van der Waals surface area (Å²) >= 11 is 0. The molecular formula is C23H25N3O. The van der Waals surface area contributed by atoms with Gasteiger partial charge in [-0.2, -0.15) is 5.26 Å². The topological polar surface area (TPSA) is 43.4 Å². The lowest BCUT2D eigenvalue weighted by Gasteiger charge is -2.35. The number of hydrazine groups is 1. The molecule has 0 atom stereocenters. The molecule has 4 rings (SSSR count). The highest BCUT2D eigenvalue weighted by molar-refractivity contribution is 5.97. The molecule has 138 valence electrons. The number of nitrogens with zero attached hydrogens (tertiary/aromatic N) is 3. The third kappa shape index (κ3) is 3.43. The standard InChI is InChI=1S/C23H25N3O/c1-17-14-20(27-18(17)2)16-25-12-6-3-7-13-26(25)23-11-10-19(15-24)21-8-4-5-9-22(21)23/h4-5,8-11,14H,3,6-7,12-13,16H2,1-2H3. The number of anilines is 1. The molecule has 1 aliphatic heterocycles. The number of hydrogen-bond acceptors (Lipinski definition) is 4. The number of nitriles is 1. The van der Waals surface area contributed by atoms with Gasteiger partial charge in [-0.15, -0.1) is 0 Å². The van der Waals surface area contributed by atoms with Crippen LogP contribution < -0.4 is 5.01 Å². The first-order valence-electron chi connectivity index (χ1n) is 9.67. The van der Waals surface area contributed by atoms with Crippen molar-refractivity contribution in [1.82, 2.24) is 5.01 Å². The number of furan rings is 1. The maximum Gasteiger partial charge on any atom is 0.120 e. The first kappa shape index (κ1) is 17.6. The van der Waals surface area contributed by atoms with Crippen molar-refractivity contribution in [3.05, 3.63) is 65.1 Å². The average molecular weight is 359 g/mol. The number of benzene rings is 2. The van der Waals surface area contributed by atoms with E-state index in [0.29, 0.717) is 0 Å². The lowest BCUT2D eigenvalue weighted by molar-refractivity contribution is 0.231. The van der Waals surface area contributed by atoms with Crippen molar-refractivity contribution in [2.75, 3.05) is 18.1 Å². The summed E-state index contributed by atoms with van der Waals surface area (Å²) in [6.45, 7) is 6.87. The van der Waals surface area contributed by atoms with Gasteiger partial charge in [0.1, 0.15) is 11.5 Å². The molecule has 1 aromatic heterocycles. The predicted molar refractivity (Wildman–Crippen MR) is 108 cm³/mol. The van der Waals surface area contributed by atoms with Crippen LogP contribution in [0.25, 0.3) is 10.8 Å². The van der Waals surface area contributed by atoms with Crippen molar-refractivity contribution >= 4 is 16.5 Å². The van der Waals surface area contributed by atoms with Gasteiger partial charge in [0.05, 0.1) is 23.9 Å². The SMILES string of the molecule is Cc1cc(CN2CCCCCN2c2ccc(C#N)c3ccccc23)oc1C. The van der Waals surface area contributed by atoms with Crippen LogP contribution in [0.15, 0.2) is 46.9 Å². The molecule has 0 amide bonds. The molecule has 2 aromatic carbocycles. The van der Waals surface area contributed by atoms with Crippen molar-refractivity contribution in [1.29, 1.82) is 5.26 Å². The molecule has 27 heavy (non-hydrogen) atoms. The Morgan fingerprint density at radius 2 is 1.78 bits per heavy atom. The second-order valence-corrected chi connectivity index (χ2v) is 7.31. The molecule has 1 aliphatic rings. The minimum Gasteiger partial charge on any atom is -0.465 e. The van der Waals surface area contributed by atoms with Gasteiger partial charge in [0.25, 0.3) is 0 Å². The smallest absolute Gasteiger partial charge is 0.120 e. The van der Waals surface area contributed by atoms with E-state index in [-0.39, 0.29) is 0 Å². The second kappa shape index (κ2) is 7.46. The first-order chi connectivity index (χ1) is 13.2. The van der Waals surface area contributed by atoms with Crippen molar-refractivity contribution < 1.29 is 4.42 Å². The molecule has 4 nitrogen and oxygen atoms in total. The van der Waals surface area contributed by atoms with Crippen LogP contribution in [0.3, 0.4) is 0 Å². The molecular weight excluding hydrogens is 334 g/mol. The number of rotatable bonds is 3. The van der Waals surface area contributed by atoms with Gasteiger partial charge in [-0.3, -0.25) is 0 Å². The molecule has 0 saturated carbocycles. The molecule has 2 heterocycles. The van der Waals surface area contributed by atoms with Gasteiger partial charge in [0.2, 0.25) is 0 Å². The fourth-order valence-electron chi connectivity index (χ4n) is 3.95. The molecule has 0 N–H and O–H groups in total. The summed E-state index contributed by atoms with van der Waals surface area (Å²) in [7, 11) is 0. The number of fused-ring (bicyclic) bond motifs is 1. The summed E-state index contributed by atoms with van der Waals surface area (Å²) in [4.78, 5) is 0. The monoisotopic (exact) mass is 359 g/mol. The van der Waals surface area contributed by atoms with Gasteiger partial charge in [0, 0.05) is 23.9 Å². The Balaban J connectivity index is 1.75. The van der Waals surface area contributed by atoms with Gasteiger partial charge < -0.3 is 9.43 Å². The molecule has 1 saturated heterocycles. The average Bonchev–Trinajstić information content (AvgIpc) is 2.86. The van der Waals surface area contributed by atoms with Crippen LogP contribution in [0.1, 0.15) is 41.9 Å². The maximum absolute atomic E-state index is 9.47. The third-order valence-electron chi connectivity index (χ3n) is 5.48. The predicted octanol–water partition coefficient (Wildman–Crippen LogP) is 5.33. The summed E-state index contributed by atoms with van der Waals surface area (Å²) in [6.07, 6.45) is 3.59. The molecule has 0 spiro atoms. The van der Waals surface area contributed by atoms with E-state index in [1.807, 2.05) is 31.2 Å². The van der Waals surface area contributed by atoms with E-state index in [1.165, 1.54) is 30.5 Å². The summed E-state index contributed by atoms with van der Waals surface area (Å²) in [5.41, 5.74) is 3.11. The van der Waals surface area contributed by atoms with Gasteiger partial charge in [-0.25, -0.2) is 5.01 Å². The molecule has 3 aromatic rings. The van der Waals surface area contributed by atoms with Crippen molar-refractivity contribution in [3.63, 3.8) is 0 Å². The fraction of sp³-hybridized carbons (Fsp3) is 0.348. The zero-order chi connectivity index (χ0) is 18.8. The largest absolute Gasteiger partial charge is 0.465 e. The highest BCUT2D eigenvalue weighted by atomic mass is 16.3. The van der Waals surface area contributed by atoms with Gasteiger partial charge >= 0.3 is 0 Å². The van der Waals surface area contributed by atoms with E-state index in [1.54, 1.807) is 0 Å². The zero-order valence-corrected chi connectivity index (χ0v) is 16.0. The van der Waals surface area contributed by atoms with E-state index in [2.05, 4.69) is 41.2 Å². The third-order valence-corrected chi connectivity index (χ3v) is 5.48. The van der Waals surface area contributed by atoms with E-state index >= 15 is 0 Å². The van der Waals surface area contributed by atoms with Crippen LogP contribution in [0, 0.1) is 25.2 Å².